The second-order valence-corrected chi connectivity index (χ2v) is 7.46. The standard InChI is InChI=1S/C20H22ClN5O/c21-15-3-1-14(2-4-15)13-25-19(27)20(22)7-11-26(12-8-20)17-6-10-24-18-16(17)5-9-23-18/h1-6,9-10H,7-8,11-13,22H2,(H,23,24)(H,25,27). The summed E-state index contributed by atoms with van der Waals surface area (Å²) in [5, 5.41) is 4.74. The van der Waals surface area contributed by atoms with E-state index < -0.39 is 5.54 Å². The monoisotopic (exact) mass is 383 g/mol. The van der Waals surface area contributed by atoms with Crippen LogP contribution in [0.25, 0.3) is 11.0 Å². The van der Waals surface area contributed by atoms with Crippen molar-refractivity contribution in [2.24, 2.45) is 5.73 Å². The molecule has 1 aliphatic rings. The number of pyridine rings is 1. The summed E-state index contributed by atoms with van der Waals surface area (Å²) in [6.07, 6.45) is 4.90. The van der Waals surface area contributed by atoms with E-state index in [1.54, 1.807) is 6.20 Å². The molecule has 1 saturated heterocycles. The minimum Gasteiger partial charge on any atom is -0.371 e. The number of hydrogen-bond acceptors (Lipinski definition) is 4. The molecule has 1 fully saturated rings. The van der Waals surface area contributed by atoms with E-state index in [1.165, 1.54) is 0 Å². The van der Waals surface area contributed by atoms with E-state index in [4.69, 9.17) is 17.3 Å². The Kier molecular flexibility index (Phi) is 4.76. The Morgan fingerprint density at radius 3 is 2.70 bits per heavy atom. The van der Waals surface area contributed by atoms with Crippen LogP contribution >= 0.6 is 11.6 Å². The number of carbonyl (C=O) groups excluding carboxylic acids is 1. The number of anilines is 1. The first-order valence-electron chi connectivity index (χ1n) is 9.04. The van der Waals surface area contributed by atoms with Gasteiger partial charge in [0.15, 0.2) is 0 Å². The number of amides is 1. The van der Waals surface area contributed by atoms with Crippen LogP contribution in [0.5, 0.6) is 0 Å². The van der Waals surface area contributed by atoms with Crippen LogP contribution in [0.3, 0.4) is 0 Å². The highest BCUT2D eigenvalue weighted by Crippen LogP contribution is 2.29. The Balaban J connectivity index is 1.39. The summed E-state index contributed by atoms with van der Waals surface area (Å²) in [6, 6.07) is 11.5. The smallest absolute Gasteiger partial charge is 0.240 e. The van der Waals surface area contributed by atoms with E-state index in [-0.39, 0.29) is 5.91 Å². The molecule has 0 radical (unpaired) electrons. The molecule has 4 N–H and O–H groups in total. The zero-order valence-electron chi connectivity index (χ0n) is 14.9. The molecule has 0 unspecified atom stereocenters. The first-order valence-corrected chi connectivity index (χ1v) is 9.42. The minimum absolute atomic E-state index is 0.0985. The van der Waals surface area contributed by atoms with Crippen molar-refractivity contribution >= 4 is 34.2 Å². The Hall–Kier alpha value is -2.57. The fraction of sp³-hybridized carbons (Fsp3) is 0.300. The normalized spacial score (nSPS) is 16.4. The number of hydrogen-bond donors (Lipinski definition) is 3. The Morgan fingerprint density at radius 1 is 1.22 bits per heavy atom. The van der Waals surface area contributed by atoms with E-state index >= 15 is 0 Å². The molecule has 7 heteroatoms. The molecular formula is C20H22ClN5O. The summed E-state index contributed by atoms with van der Waals surface area (Å²) < 4.78 is 0. The van der Waals surface area contributed by atoms with E-state index in [1.807, 2.05) is 42.6 Å². The number of H-pyrrole nitrogens is 1. The van der Waals surface area contributed by atoms with Gasteiger partial charge in [0.2, 0.25) is 5.91 Å². The van der Waals surface area contributed by atoms with Crippen LogP contribution < -0.4 is 16.0 Å². The molecule has 3 aromatic rings. The average Bonchev–Trinajstić information content (AvgIpc) is 3.17. The number of aromatic nitrogens is 2. The molecular weight excluding hydrogens is 362 g/mol. The van der Waals surface area contributed by atoms with Gasteiger partial charge in [-0.3, -0.25) is 4.79 Å². The van der Waals surface area contributed by atoms with Crippen LogP contribution in [0.4, 0.5) is 5.69 Å². The maximum atomic E-state index is 12.7. The van der Waals surface area contributed by atoms with Gasteiger partial charge < -0.3 is 20.9 Å². The van der Waals surface area contributed by atoms with Crippen LogP contribution in [-0.4, -0.2) is 34.5 Å². The van der Waals surface area contributed by atoms with Gasteiger partial charge >= 0.3 is 0 Å². The minimum atomic E-state index is -0.840. The summed E-state index contributed by atoms with van der Waals surface area (Å²) >= 11 is 5.89. The molecule has 0 spiro atoms. The van der Waals surface area contributed by atoms with Crippen LogP contribution in [0.2, 0.25) is 5.02 Å². The zero-order valence-corrected chi connectivity index (χ0v) is 15.7. The van der Waals surface area contributed by atoms with Gasteiger partial charge in [-0.05, 0) is 42.7 Å². The first kappa shape index (κ1) is 17.8. The van der Waals surface area contributed by atoms with Crippen LogP contribution in [0.1, 0.15) is 18.4 Å². The van der Waals surface area contributed by atoms with Crippen molar-refractivity contribution in [1.82, 2.24) is 15.3 Å². The van der Waals surface area contributed by atoms with Gasteiger partial charge in [-0.25, -0.2) is 4.98 Å². The van der Waals surface area contributed by atoms with Gasteiger partial charge in [-0.2, -0.15) is 0 Å². The van der Waals surface area contributed by atoms with E-state index in [0.717, 1.165) is 35.4 Å². The van der Waals surface area contributed by atoms with Crippen LogP contribution in [0.15, 0.2) is 48.8 Å². The highest BCUT2D eigenvalue weighted by molar-refractivity contribution is 6.30. The molecule has 3 heterocycles. The molecule has 1 aromatic carbocycles. The van der Waals surface area contributed by atoms with Gasteiger partial charge in [0.05, 0.1) is 5.54 Å². The lowest BCUT2D eigenvalue weighted by molar-refractivity contribution is -0.127. The Morgan fingerprint density at radius 2 is 1.96 bits per heavy atom. The highest BCUT2D eigenvalue weighted by Gasteiger charge is 2.37. The molecule has 140 valence electrons. The zero-order chi connectivity index (χ0) is 18.9. The summed E-state index contributed by atoms with van der Waals surface area (Å²) in [6.45, 7) is 1.91. The highest BCUT2D eigenvalue weighted by atomic mass is 35.5. The summed E-state index contributed by atoms with van der Waals surface area (Å²) in [4.78, 5) is 22.4. The van der Waals surface area contributed by atoms with Crippen molar-refractivity contribution in [2.45, 2.75) is 24.9 Å². The van der Waals surface area contributed by atoms with E-state index in [2.05, 4.69) is 20.2 Å². The molecule has 2 aromatic heterocycles. The molecule has 0 atom stereocenters. The van der Waals surface area contributed by atoms with Gasteiger partial charge in [0.25, 0.3) is 0 Å². The number of benzene rings is 1. The summed E-state index contributed by atoms with van der Waals surface area (Å²) in [7, 11) is 0. The number of rotatable bonds is 4. The molecule has 1 amide bonds. The molecule has 0 aliphatic carbocycles. The largest absolute Gasteiger partial charge is 0.371 e. The SMILES string of the molecule is NC1(C(=O)NCc2ccc(Cl)cc2)CCN(c2ccnc3[nH]ccc23)CC1. The summed E-state index contributed by atoms with van der Waals surface area (Å²) in [5.74, 6) is -0.0985. The number of fused-ring (bicyclic) bond motifs is 1. The van der Waals surface area contributed by atoms with E-state index in [9.17, 15) is 4.79 Å². The second-order valence-electron chi connectivity index (χ2n) is 7.02. The number of aromatic amines is 1. The third kappa shape index (κ3) is 3.63. The maximum Gasteiger partial charge on any atom is 0.240 e. The van der Waals surface area contributed by atoms with Gasteiger partial charge in [-0.1, -0.05) is 23.7 Å². The predicted molar refractivity (Wildman–Crippen MR) is 108 cm³/mol. The summed E-state index contributed by atoms with van der Waals surface area (Å²) in [5.41, 5.74) is 8.61. The number of carbonyl (C=O) groups is 1. The Bertz CT molecular complexity index is 944. The number of piperidine rings is 1. The average molecular weight is 384 g/mol. The first-order chi connectivity index (χ1) is 13.0. The van der Waals surface area contributed by atoms with Crippen molar-refractivity contribution in [3.8, 4) is 0 Å². The fourth-order valence-corrected chi connectivity index (χ4v) is 3.68. The number of nitrogens with one attached hydrogen (secondary N) is 2. The van der Waals surface area contributed by atoms with Gasteiger partial charge in [-0.15, -0.1) is 0 Å². The van der Waals surface area contributed by atoms with Crippen molar-refractivity contribution in [3.63, 3.8) is 0 Å². The predicted octanol–water partition coefficient (Wildman–Crippen LogP) is 2.83. The Labute approximate surface area is 162 Å². The fourth-order valence-electron chi connectivity index (χ4n) is 3.56. The molecule has 0 saturated carbocycles. The van der Waals surface area contributed by atoms with E-state index in [0.29, 0.717) is 24.4 Å². The van der Waals surface area contributed by atoms with Gasteiger partial charge in [0, 0.05) is 48.1 Å². The van der Waals surface area contributed by atoms with Gasteiger partial charge in [0.1, 0.15) is 5.65 Å². The molecule has 27 heavy (non-hydrogen) atoms. The number of halogens is 1. The third-order valence-corrected chi connectivity index (χ3v) is 5.50. The number of nitrogens with two attached hydrogens (primary N) is 1. The van der Waals surface area contributed by atoms with Crippen molar-refractivity contribution in [3.05, 3.63) is 59.4 Å². The maximum absolute atomic E-state index is 12.7. The second kappa shape index (κ2) is 7.21. The van der Waals surface area contributed by atoms with Crippen molar-refractivity contribution in [2.75, 3.05) is 18.0 Å². The lowest BCUT2D eigenvalue weighted by Crippen LogP contribution is -2.59. The molecule has 4 rings (SSSR count). The topological polar surface area (TPSA) is 87.0 Å². The van der Waals surface area contributed by atoms with Crippen molar-refractivity contribution in [1.29, 1.82) is 0 Å². The third-order valence-electron chi connectivity index (χ3n) is 5.25. The number of nitrogens with zero attached hydrogens (tertiary/aromatic N) is 2. The lowest BCUT2D eigenvalue weighted by atomic mass is 9.87. The van der Waals surface area contributed by atoms with Crippen molar-refractivity contribution < 1.29 is 4.79 Å². The van der Waals surface area contributed by atoms with Crippen LogP contribution in [0, 0.1) is 0 Å². The molecule has 1 aliphatic heterocycles. The molecule has 0 bridgehead atoms. The quantitative estimate of drug-likeness (QED) is 0.646. The lowest BCUT2D eigenvalue weighted by Gasteiger charge is -2.39. The van der Waals surface area contributed by atoms with Crippen LogP contribution in [-0.2, 0) is 11.3 Å². The molecule has 6 nitrogen and oxygen atoms in total.